The molecule has 0 aliphatic carbocycles. The van der Waals surface area contributed by atoms with Gasteiger partial charge in [0.1, 0.15) is 10.8 Å². The van der Waals surface area contributed by atoms with Crippen molar-refractivity contribution >= 4 is 22.6 Å². The second kappa shape index (κ2) is 4.92. The predicted octanol–water partition coefficient (Wildman–Crippen LogP) is 2.27. The van der Waals surface area contributed by atoms with Crippen molar-refractivity contribution in [3.63, 3.8) is 0 Å². The van der Waals surface area contributed by atoms with E-state index in [9.17, 15) is 5.11 Å². The third-order valence-electron chi connectivity index (χ3n) is 3.49. The maximum Gasteiger partial charge on any atom is 0.140 e. The van der Waals surface area contributed by atoms with Crippen molar-refractivity contribution < 1.29 is 5.11 Å². The Hall–Kier alpha value is -1.85. The first kappa shape index (κ1) is 13.1. The van der Waals surface area contributed by atoms with E-state index in [1.807, 2.05) is 36.9 Å². The summed E-state index contributed by atoms with van der Waals surface area (Å²) in [5, 5.41) is 15.4. The Morgan fingerprint density at radius 1 is 1.40 bits per heavy atom. The summed E-state index contributed by atoms with van der Waals surface area (Å²) in [6.07, 6.45) is 3.66. The number of aliphatic hydroxyl groups excluding tert-OH is 1. The molecular weight excluding hydrogens is 276 g/mol. The van der Waals surface area contributed by atoms with Crippen LogP contribution in [-0.4, -0.2) is 24.4 Å². The third kappa shape index (κ3) is 1.99. The van der Waals surface area contributed by atoms with E-state index in [1.165, 1.54) is 0 Å². The quantitative estimate of drug-likeness (QED) is 0.805. The first-order chi connectivity index (χ1) is 9.61. The summed E-state index contributed by atoms with van der Waals surface area (Å²) in [5.41, 5.74) is 3.59. The molecule has 0 fully saturated rings. The van der Waals surface area contributed by atoms with Crippen LogP contribution in [0.4, 0.5) is 0 Å². The normalized spacial score (nSPS) is 11.4. The minimum atomic E-state index is -0.00501. The Balaban J connectivity index is 2.11. The Morgan fingerprint density at radius 3 is 2.85 bits per heavy atom. The summed E-state index contributed by atoms with van der Waals surface area (Å²) in [7, 11) is 1.82. The summed E-state index contributed by atoms with van der Waals surface area (Å²) >= 11 is 6.27. The van der Waals surface area contributed by atoms with Gasteiger partial charge in [-0.3, -0.25) is 4.68 Å². The largest absolute Gasteiger partial charge is 0.392 e. The number of halogens is 1. The molecule has 20 heavy (non-hydrogen) atoms. The van der Waals surface area contributed by atoms with Crippen LogP contribution in [0.2, 0.25) is 5.15 Å². The standard InChI is InChI=1S/C14H15ClN4O/c1-9-12(13(15)18(2)17-9)7-19-6-10(8-20)11-4-3-5-16-14(11)19/h3-6,20H,7-8H2,1-2H3. The van der Waals surface area contributed by atoms with Gasteiger partial charge in [0.15, 0.2) is 0 Å². The van der Waals surface area contributed by atoms with Crippen LogP contribution in [-0.2, 0) is 20.2 Å². The molecule has 3 aromatic rings. The van der Waals surface area contributed by atoms with Gasteiger partial charge < -0.3 is 9.67 Å². The maximum atomic E-state index is 9.44. The Labute approximate surface area is 121 Å². The van der Waals surface area contributed by atoms with E-state index in [0.717, 1.165) is 27.9 Å². The molecule has 0 amide bonds. The topological polar surface area (TPSA) is 55.9 Å². The molecule has 0 unspecified atom stereocenters. The van der Waals surface area contributed by atoms with Gasteiger partial charge >= 0.3 is 0 Å². The molecule has 0 spiro atoms. The van der Waals surface area contributed by atoms with Crippen LogP contribution in [0.3, 0.4) is 0 Å². The molecule has 0 atom stereocenters. The lowest BCUT2D eigenvalue weighted by atomic mass is 10.2. The minimum absolute atomic E-state index is 0.00501. The van der Waals surface area contributed by atoms with E-state index in [2.05, 4.69) is 10.1 Å². The molecule has 3 rings (SSSR count). The zero-order valence-corrected chi connectivity index (χ0v) is 12.1. The van der Waals surface area contributed by atoms with E-state index >= 15 is 0 Å². The molecular formula is C14H15ClN4O. The molecule has 0 radical (unpaired) electrons. The highest BCUT2D eigenvalue weighted by Gasteiger charge is 2.14. The van der Waals surface area contributed by atoms with E-state index in [0.29, 0.717) is 11.7 Å². The van der Waals surface area contributed by atoms with Crippen LogP contribution in [0.1, 0.15) is 16.8 Å². The van der Waals surface area contributed by atoms with Crippen LogP contribution < -0.4 is 0 Å². The van der Waals surface area contributed by atoms with Crippen LogP contribution >= 0.6 is 11.6 Å². The summed E-state index contributed by atoms with van der Waals surface area (Å²) in [4.78, 5) is 4.39. The summed E-state index contributed by atoms with van der Waals surface area (Å²) in [6, 6.07) is 3.83. The Bertz CT molecular complexity index is 775. The van der Waals surface area contributed by atoms with E-state index in [1.54, 1.807) is 10.9 Å². The SMILES string of the molecule is Cc1nn(C)c(Cl)c1Cn1cc(CO)c2cccnc21. The summed E-state index contributed by atoms with van der Waals surface area (Å²) in [6.45, 7) is 2.52. The predicted molar refractivity (Wildman–Crippen MR) is 77.7 cm³/mol. The van der Waals surface area contributed by atoms with Crippen molar-refractivity contribution in [3.8, 4) is 0 Å². The average Bonchev–Trinajstić information content (AvgIpc) is 2.92. The van der Waals surface area contributed by atoms with Crippen molar-refractivity contribution in [2.24, 2.45) is 7.05 Å². The molecule has 0 saturated heterocycles. The first-order valence-corrected chi connectivity index (χ1v) is 6.71. The fraction of sp³-hybridized carbons (Fsp3) is 0.286. The number of hydrogen-bond acceptors (Lipinski definition) is 3. The zero-order chi connectivity index (χ0) is 14.3. The van der Waals surface area contributed by atoms with Crippen LogP contribution in [0.15, 0.2) is 24.5 Å². The number of hydrogen-bond donors (Lipinski definition) is 1. The maximum absolute atomic E-state index is 9.44. The average molecular weight is 291 g/mol. The van der Waals surface area contributed by atoms with Gasteiger partial charge in [0, 0.05) is 36.0 Å². The molecule has 3 heterocycles. The van der Waals surface area contributed by atoms with Crippen molar-refractivity contribution in [2.45, 2.75) is 20.1 Å². The highest BCUT2D eigenvalue weighted by molar-refractivity contribution is 6.30. The lowest BCUT2D eigenvalue weighted by Gasteiger charge is -2.04. The third-order valence-corrected chi connectivity index (χ3v) is 3.96. The Morgan fingerprint density at radius 2 is 2.20 bits per heavy atom. The van der Waals surface area contributed by atoms with Crippen molar-refractivity contribution in [1.29, 1.82) is 0 Å². The lowest BCUT2D eigenvalue weighted by Crippen LogP contribution is -2.00. The second-order valence-corrected chi connectivity index (χ2v) is 5.15. The van der Waals surface area contributed by atoms with Crippen LogP contribution in [0.5, 0.6) is 0 Å². The Kier molecular flexibility index (Phi) is 3.23. The molecule has 0 aliphatic rings. The van der Waals surface area contributed by atoms with Crippen molar-refractivity contribution in [3.05, 3.63) is 46.5 Å². The number of fused-ring (bicyclic) bond motifs is 1. The number of nitrogens with zero attached hydrogens (tertiary/aromatic N) is 4. The number of aromatic nitrogens is 4. The molecule has 6 heteroatoms. The van der Waals surface area contributed by atoms with Gasteiger partial charge in [-0.05, 0) is 19.1 Å². The molecule has 104 valence electrons. The van der Waals surface area contributed by atoms with Crippen molar-refractivity contribution in [2.75, 3.05) is 0 Å². The molecule has 0 aliphatic heterocycles. The first-order valence-electron chi connectivity index (χ1n) is 6.33. The van der Waals surface area contributed by atoms with Gasteiger partial charge in [-0.15, -0.1) is 0 Å². The molecule has 0 aromatic carbocycles. The molecule has 0 saturated carbocycles. The fourth-order valence-corrected chi connectivity index (χ4v) is 2.70. The summed E-state index contributed by atoms with van der Waals surface area (Å²) in [5.74, 6) is 0. The van der Waals surface area contributed by atoms with Crippen LogP contribution in [0.25, 0.3) is 11.0 Å². The zero-order valence-electron chi connectivity index (χ0n) is 11.3. The smallest absolute Gasteiger partial charge is 0.140 e. The second-order valence-electron chi connectivity index (χ2n) is 4.79. The number of rotatable bonds is 3. The lowest BCUT2D eigenvalue weighted by molar-refractivity contribution is 0.283. The van der Waals surface area contributed by atoms with E-state index in [-0.39, 0.29) is 6.61 Å². The van der Waals surface area contributed by atoms with Gasteiger partial charge in [-0.25, -0.2) is 4.98 Å². The number of aliphatic hydroxyl groups is 1. The van der Waals surface area contributed by atoms with Crippen molar-refractivity contribution in [1.82, 2.24) is 19.3 Å². The summed E-state index contributed by atoms with van der Waals surface area (Å²) < 4.78 is 3.66. The highest BCUT2D eigenvalue weighted by atomic mass is 35.5. The van der Waals surface area contributed by atoms with E-state index < -0.39 is 0 Å². The van der Waals surface area contributed by atoms with Gasteiger partial charge in [0.2, 0.25) is 0 Å². The number of pyridine rings is 1. The molecule has 0 bridgehead atoms. The molecule has 3 aromatic heterocycles. The monoisotopic (exact) mass is 290 g/mol. The molecule has 1 N–H and O–H groups in total. The van der Waals surface area contributed by atoms with Gasteiger partial charge in [-0.2, -0.15) is 5.10 Å². The van der Waals surface area contributed by atoms with Gasteiger partial charge in [0.25, 0.3) is 0 Å². The van der Waals surface area contributed by atoms with E-state index in [4.69, 9.17) is 11.6 Å². The fourth-order valence-electron chi connectivity index (χ4n) is 2.47. The highest BCUT2D eigenvalue weighted by Crippen LogP contribution is 2.24. The van der Waals surface area contributed by atoms with Crippen LogP contribution in [0, 0.1) is 6.92 Å². The molecule has 5 nitrogen and oxygen atoms in total. The van der Waals surface area contributed by atoms with Gasteiger partial charge in [0.05, 0.1) is 18.8 Å². The number of aryl methyl sites for hydroxylation is 2. The van der Waals surface area contributed by atoms with Gasteiger partial charge in [-0.1, -0.05) is 11.6 Å². The minimum Gasteiger partial charge on any atom is -0.392 e.